The molecule has 0 atom stereocenters. The average molecular weight is 312 g/mol. The van der Waals surface area contributed by atoms with Crippen LogP contribution in [0.15, 0.2) is 27.8 Å². The second-order valence-corrected chi connectivity index (χ2v) is 6.83. The maximum absolute atomic E-state index is 12.4. The maximum Gasteiger partial charge on any atom is 0.265 e. The van der Waals surface area contributed by atoms with Crippen molar-refractivity contribution in [2.75, 3.05) is 4.72 Å². The number of anilines is 1. The van der Waals surface area contributed by atoms with Crippen LogP contribution in [0.2, 0.25) is 0 Å². The highest BCUT2D eigenvalue weighted by Crippen LogP contribution is 2.22. The molecule has 0 bridgehead atoms. The van der Waals surface area contributed by atoms with Crippen LogP contribution in [0.3, 0.4) is 0 Å². The zero-order chi connectivity index (χ0) is 15.6. The molecule has 0 unspecified atom stereocenters. The largest absolute Gasteiger partial charge is 0.464 e. The fourth-order valence-electron chi connectivity index (χ4n) is 1.87. The minimum Gasteiger partial charge on any atom is -0.464 e. The van der Waals surface area contributed by atoms with Gasteiger partial charge >= 0.3 is 0 Å². The highest BCUT2D eigenvalue weighted by molar-refractivity contribution is 7.92. The lowest BCUT2D eigenvalue weighted by Crippen LogP contribution is -2.21. The maximum atomic E-state index is 12.4. The van der Waals surface area contributed by atoms with E-state index < -0.39 is 10.0 Å². The molecule has 0 saturated heterocycles. The van der Waals surface area contributed by atoms with E-state index in [4.69, 9.17) is 4.42 Å². The molecule has 0 amide bonds. The Balaban J connectivity index is 2.19. The number of aromatic nitrogens is 2. The highest BCUT2D eigenvalue weighted by Gasteiger charge is 2.22. The lowest BCUT2D eigenvalue weighted by molar-refractivity contribution is 0.444. The lowest BCUT2D eigenvalue weighted by atomic mass is 10.3. The molecule has 0 saturated carbocycles. The Morgan fingerprint density at radius 3 is 2.71 bits per heavy atom. The van der Waals surface area contributed by atoms with Gasteiger partial charge in [-0.1, -0.05) is 13.8 Å². The van der Waals surface area contributed by atoms with Crippen LogP contribution >= 0.6 is 0 Å². The van der Waals surface area contributed by atoms with Gasteiger partial charge in [0, 0.05) is 25.4 Å². The van der Waals surface area contributed by atoms with Crippen LogP contribution in [-0.2, 0) is 23.6 Å². The summed E-state index contributed by atoms with van der Waals surface area (Å²) in [5.74, 6) is 0.958. The van der Waals surface area contributed by atoms with Gasteiger partial charge in [0.05, 0.1) is 18.4 Å². The fourth-order valence-corrected chi connectivity index (χ4v) is 3.10. The van der Waals surface area contributed by atoms with Gasteiger partial charge in [0.25, 0.3) is 10.0 Å². The SMILES string of the molecule is Cc1oc(CNC(C)C)cc1S(=O)(=O)Nc1cnn(C)c1. The molecule has 0 aliphatic carbocycles. The number of furan rings is 1. The number of rotatable bonds is 6. The molecule has 0 spiro atoms. The third-order valence-corrected chi connectivity index (χ3v) is 4.34. The topological polar surface area (TPSA) is 89.2 Å². The first-order chi connectivity index (χ1) is 9.78. The smallest absolute Gasteiger partial charge is 0.265 e. The Morgan fingerprint density at radius 2 is 2.14 bits per heavy atom. The van der Waals surface area contributed by atoms with Crippen LogP contribution in [0.4, 0.5) is 5.69 Å². The first-order valence-corrected chi connectivity index (χ1v) is 8.10. The van der Waals surface area contributed by atoms with E-state index in [9.17, 15) is 8.42 Å². The van der Waals surface area contributed by atoms with Crippen LogP contribution in [0.1, 0.15) is 25.4 Å². The monoisotopic (exact) mass is 312 g/mol. The van der Waals surface area contributed by atoms with Gasteiger partial charge in [-0.05, 0) is 6.92 Å². The van der Waals surface area contributed by atoms with Crippen LogP contribution in [-0.4, -0.2) is 24.2 Å². The summed E-state index contributed by atoms with van der Waals surface area (Å²) in [6.07, 6.45) is 3.04. The van der Waals surface area contributed by atoms with Crippen molar-refractivity contribution in [1.29, 1.82) is 0 Å². The first-order valence-electron chi connectivity index (χ1n) is 6.62. The van der Waals surface area contributed by atoms with Gasteiger partial charge in [0.15, 0.2) is 0 Å². The predicted molar refractivity (Wildman–Crippen MR) is 79.4 cm³/mol. The summed E-state index contributed by atoms with van der Waals surface area (Å²) in [4.78, 5) is 0.145. The molecule has 2 aromatic heterocycles. The second-order valence-electron chi connectivity index (χ2n) is 5.18. The second kappa shape index (κ2) is 5.90. The van der Waals surface area contributed by atoms with Gasteiger partial charge in [-0.2, -0.15) is 5.10 Å². The molecular formula is C13H20N4O3S. The quantitative estimate of drug-likeness (QED) is 0.846. The fraction of sp³-hybridized carbons (Fsp3) is 0.462. The van der Waals surface area contributed by atoms with Gasteiger partial charge in [-0.15, -0.1) is 0 Å². The minimum absolute atomic E-state index is 0.145. The Hall–Kier alpha value is -1.80. The van der Waals surface area contributed by atoms with Crippen molar-refractivity contribution in [3.8, 4) is 0 Å². The van der Waals surface area contributed by atoms with E-state index in [1.165, 1.54) is 10.9 Å². The van der Waals surface area contributed by atoms with Crippen molar-refractivity contribution in [2.24, 2.45) is 7.05 Å². The summed E-state index contributed by atoms with van der Waals surface area (Å²) in [5.41, 5.74) is 0.417. The molecule has 2 heterocycles. The van der Waals surface area contributed by atoms with E-state index >= 15 is 0 Å². The Labute approximate surface area is 124 Å². The summed E-state index contributed by atoms with van der Waals surface area (Å²) in [7, 11) is -1.95. The average Bonchev–Trinajstić information content (AvgIpc) is 2.93. The molecule has 0 radical (unpaired) electrons. The number of hydrogen-bond donors (Lipinski definition) is 2. The standard InChI is InChI=1S/C13H20N4O3S/c1-9(2)14-7-12-5-13(10(3)20-12)21(18,19)16-11-6-15-17(4)8-11/h5-6,8-9,14,16H,7H2,1-4H3. The van der Waals surface area contributed by atoms with Crippen LogP contribution in [0.5, 0.6) is 0 Å². The van der Waals surface area contributed by atoms with Crippen LogP contribution in [0, 0.1) is 6.92 Å². The first kappa shape index (κ1) is 15.6. The Bertz CT molecular complexity index is 716. The van der Waals surface area contributed by atoms with Crippen molar-refractivity contribution < 1.29 is 12.8 Å². The number of nitrogens with zero attached hydrogens (tertiary/aromatic N) is 2. The van der Waals surface area contributed by atoms with E-state index in [1.807, 2.05) is 13.8 Å². The summed E-state index contributed by atoms with van der Waals surface area (Å²) in [6.45, 7) is 6.15. The molecule has 2 aromatic rings. The summed E-state index contributed by atoms with van der Waals surface area (Å²) < 4.78 is 34.2. The van der Waals surface area contributed by atoms with Crippen molar-refractivity contribution in [3.63, 3.8) is 0 Å². The van der Waals surface area contributed by atoms with Crippen LogP contribution < -0.4 is 10.0 Å². The van der Waals surface area contributed by atoms with Crippen LogP contribution in [0.25, 0.3) is 0 Å². The van der Waals surface area contributed by atoms with Gasteiger partial charge < -0.3 is 9.73 Å². The zero-order valence-corrected chi connectivity index (χ0v) is 13.4. The van der Waals surface area contributed by atoms with Gasteiger partial charge in [0.2, 0.25) is 0 Å². The molecule has 0 aliphatic rings. The number of nitrogens with one attached hydrogen (secondary N) is 2. The van der Waals surface area contributed by atoms with Crippen molar-refractivity contribution in [2.45, 2.75) is 38.3 Å². The molecule has 2 N–H and O–H groups in total. The van der Waals surface area contributed by atoms with Gasteiger partial charge in [-0.3, -0.25) is 9.40 Å². The van der Waals surface area contributed by atoms with Crippen molar-refractivity contribution in [3.05, 3.63) is 30.0 Å². The zero-order valence-electron chi connectivity index (χ0n) is 12.5. The molecule has 21 heavy (non-hydrogen) atoms. The predicted octanol–water partition coefficient (Wildman–Crippen LogP) is 1.62. The normalized spacial score (nSPS) is 12.0. The van der Waals surface area contributed by atoms with E-state index in [2.05, 4.69) is 15.1 Å². The van der Waals surface area contributed by atoms with E-state index in [0.29, 0.717) is 29.8 Å². The third kappa shape index (κ3) is 3.85. The molecule has 0 aliphatic heterocycles. The molecule has 0 fully saturated rings. The summed E-state index contributed by atoms with van der Waals surface area (Å²) in [5, 5.41) is 7.11. The van der Waals surface area contributed by atoms with E-state index in [1.54, 1.807) is 26.2 Å². The van der Waals surface area contributed by atoms with E-state index in [-0.39, 0.29) is 4.90 Å². The number of sulfonamides is 1. The minimum atomic E-state index is -3.67. The van der Waals surface area contributed by atoms with Crippen molar-refractivity contribution >= 4 is 15.7 Å². The highest BCUT2D eigenvalue weighted by atomic mass is 32.2. The molecule has 7 nitrogen and oxygen atoms in total. The molecular weight excluding hydrogens is 292 g/mol. The summed E-state index contributed by atoms with van der Waals surface area (Å²) in [6, 6.07) is 1.84. The number of hydrogen-bond acceptors (Lipinski definition) is 5. The molecule has 0 aromatic carbocycles. The lowest BCUT2D eigenvalue weighted by Gasteiger charge is -2.04. The van der Waals surface area contributed by atoms with Gasteiger partial charge in [0.1, 0.15) is 16.4 Å². The number of aryl methyl sites for hydroxylation is 2. The molecule has 116 valence electrons. The van der Waals surface area contributed by atoms with Gasteiger partial charge in [-0.25, -0.2) is 8.42 Å². The summed E-state index contributed by atoms with van der Waals surface area (Å²) >= 11 is 0. The Kier molecular flexibility index (Phi) is 4.38. The van der Waals surface area contributed by atoms with E-state index in [0.717, 1.165) is 0 Å². The third-order valence-electron chi connectivity index (χ3n) is 2.85. The molecule has 8 heteroatoms. The van der Waals surface area contributed by atoms with Crippen molar-refractivity contribution in [1.82, 2.24) is 15.1 Å². The molecule has 2 rings (SSSR count). The Morgan fingerprint density at radius 1 is 1.43 bits per heavy atom.